The molecular weight excluding hydrogens is 356 g/mol. The minimum absolute atomic E-state index is 0.633. The zero-order valence-electron chi connectivity index (χ0n) is 17.2. The van der Waals surface area contributed by atoms with E-state index in [1.165, 1.54) is 0 Å². The second-order valence-electron chi connectivity index (χ2n) is 7.48. The molecule has 28 heavy (non-hydrogen) atoms. The molecule has 1 aromatic carbocycles. The SMILES string of the molecule is COc1cc(Cn2cc(CN(C)C)nn2)cc(Cn2cc(CN(C)C)nn2)c1. The lowest BCUT2D eigenvalue weighted by molar-refractivity contribution is 0.396. The van der Waals surface area contributed by atoms with E-state index in [4.69, 9.17) is 4.74 Å². The van der Waals surface area contributed by atoms with Crippen molar-refractivity contribution in [3.05, 3.63) is 53.1 Å². The monoisotopic (exact) mass is 384 g/mol. The Kier molecular flexibility index (Phi) is 6.37. The molecule has 0 unspecified atom stereocenters. The quantitative estimate of drug-likeness (QED) is 0.547. The molecule has 0 aliphatic rings. The van der Waals surface area contributed by atoms with E-state index in [-0.39, 0.29) is 0 Å². The van der Waals surface area contributed by atoms with Crippen molar-refractivity contribution in [1.82, 2.24) is 39.8 Å². The Morgan fingerprint density at radius 2 is 1.25 bits per heavy atom. The van der Waals surface area contributed by atoms with Crippen molar-refractivity contribution in [3.63, 3.8) is 0 Å². The summed E-state index contributed by atoms with van der Waals surface area (Å²) in [5, 5.41) is 16.9. The molecule has 3 rings (SSSR count). The van der Waals surface area contributed by atoms with Crippen LogP contribution in [0.3, 0.4) is 0 Å². The van der Waals surface area contributed by atoms with Crippen molar-refractivity contribution in [2.75, 3.05) is 35.3 Å². The lowest BCUT2D eigenvalue weighted by atomic mass is 10.1. The lowest BCUT2D eigenvalue weighted by Crippen LogP contribution is -2.10. The molecule has 0 aliphatic carbocycles. The van der Waals surface area contributed by atoms with Crippen LogP contribution in [0.5, 0.6) is 5.75 Å². The fourth-order valence-corrected chi connectivity index (χ4v) is 3.03. The van der Waals surface area contributed by atoms with Crippen LogP contribution in [0.4, 0.5) is 0 Å². The van der Waals surface area contributed by atoms with Crippen molar-refractivity contribution in [1.29, 1.82) is 0 Å². The van der Waals surface area contributed by atoms with Gasteiger partial charge in [-0.3, -0.25) is 0 Å². The molecule has 0 atom stereocenters. The zero-order valence-corrected chi connectivity index (χ0v) is 17.2. The normalized spacial score (nSPS) is 11.5. The second kappa shape index (κ2) is 8.94. The summed E-state index contributed by atoms with van der Waals surface area (Å²) in [6.45, 7) is 2.80. The van der Waals surface area contributed by atoms with Crippen molar-refractivity contribution in [2.24, 2.45) is 0 Å². The number of aromatic nitrogens is 6. The molecule has 9 nitrogen and oxygen atoms in total. The minimum atomic E-state index is 0.633. The second-order valence-corrected chi connectivity index (χ2v) is 7.48. The highest BCUT2D eigenvalue weighted by Crippen LogP contribution is 2.19. The summed E-state index contributed by atoms with van der Waals surface area (Å²) < 4.78 is 9.18. The Hall–Kier alpha value is -2.78. The highest BCUT2D eigenvalue weighted by Gasteiger charge is 2.08. The topological polar surface area (TPSA) is 77.1 Å². The Morgan fingerprint density at radius 3 is 1.64 bits per heavy atom. The Morgan fingerprint density at radius 1 is 0.786 bits per heavy atom. The summed E-state index contributed by atoms with van der Waals surface area (Å²) >= 11 is 0. The van der Waals surface area contributed by atoms with Crippen molar-refractivity contribution in [2.45, 2.75) is 26.2 Å². The van der Waals surface area contributed by atoms with Gasteiger partial charge in [0, 0.05) is 13.1 Å². The van der Waals surface area contributed by atoms with Gasteiger partial charge in [-0.1, -0.05) is 16.5 Å². The smallest absolute Gasteiger partial charge is 0.119 e. The molecule has 0 amide bonds. The molecule has 3 aromatic rings. The molecule has 0 spiro atoms. The lowest BCUT2D eigenvalue weighted by Gasteiger charge is -2.09. The molecule has 0 saturated carbocycles. The summed E-state index contributed by atoms with van der Waals surface area (Å²) in [5.41, 5.74) is 4.10. The van der Waals surface area contributed by atoms with Crippen LogP contribution in [0.25, 0.3) is 0 Å². The molecule has 0 radical (unpaired) electrons. The van der Waals surface area contributed by atoms with Crippen LogP contribution in [0.15, 0.2) is 30.6 Å². The van der Waals surface area contributed by atoms with E-state index >= 15 is 0 Å². The predicted molar refractivity (Wildman–Crippen MR) is 106 cm³/mol. The van der Waals surface area contributed by atoms with E-state index in [1.807, 2.05) is 62.1 Å². The van der Waals surface area contributed by atoms with Gasteiger partial charge in [0.15, 0.2) is 0 Å². The Balaban J connectivity index is 1.74. The summed E-state index contributed by atoms with van der Waals surface area (Å²) in [7, 11) is 9.74. The molecule has 0 aliphatic heterocycles. The number of nitrogens with zero attached hydrogens (tertiary/aromatic N) is 8. The van der Waals surface area contributed by atoms with Gasteiger partial charge in [-0.2, -0.15) is 0 Å². The van der Waals surface area contributed by atoms with Gasteiger partial charge in [0.2, 0.25) is 0 Å². The van der Waals surface area contributed by atoms with Gasteiger partial charge >= 0.3 is 0 Å². The molecule has 0 bridgehead atoms. The van der Waals surface area contributed by atoms with E-state index in [9.17, 15) is 0 Å². The van der Waals surface area contributed by atoms with Crippen molar-refractivity contribution in [3.8, 4) is 5.75 Å². The van der Waals surface area contributed by atoms with Gasteiger partial charge in [0.05, 0.1) is 44.0 Å². The highest BCUT2D eigenvalue weighted by molar-refractivity contribution is 5.34. The van der Waals surface area contributed by atoms with E-state index in [1.54, 1.807) is 7.11 Å². The highest BCUT2D eigenvalue weighted by atomic mass is 16.5. The molecule has 0 saturated heterocycles. The van der Waals surface area contributed by atoms with E-state index < -0.39 is 0 Å². The Bertz CT molecular complexity index is 830. The van der Waals surface area contributed by atoms with Gasteiger partial charge < -0.3 is 14.5 Å². The first-order valence-corrected chi connectivity index (χ1v) is 9.15. The average Bonchev–Trinajstić information content (AvgIpc) is 3.23. The van der Waals surface area contributed by atoms with Crippen LogP contribution in [0, 0.1) is 0 Å². The molecule has 9 heteroatoms. The van der Waals surface area contributed by atoms with E-state index in [0.717, 1.165) is 41.4 Å². The third-order valence-electron chi connectivity index (χ3n) is 4.08. The molecule has 2 aromatic heterocycles. The number of hydrogen-bond donors (Lipinski definition) is 0. The maximum absolute atomic E-state index is 5.48. The van der Waals surface area contributed by atoms with E-state index in [0.29, 0.717) is 13.1 Å². The summed E-state index contributed by atoms with van der Waals surface area (Å²) in [6, 6.07) is 6.19. The predicted octanol–water partition coefficient (Wildman–Crippen LogP) is 1.10. The van der Waals surface area contributed by atoms with E-state index in [2.05, 4.69) is 36.5 Å². The van der Waals surface area contributed by atoms with Crippen LogP contribution < -0.4 is 4.74 Å². The fraction of sp³-hybridized carbons (Fsp3) is 0.474. The maximum atomic E-state index is 5.48. The Labute approximate surface area is 165 Å². The number of ether oxygens (including phenoxy) is 1. The van der Waals surface area contributed by atoms with Crippen LogP contribution in [0.2, 0.25) is 0 Å². The number of rotatable bonds is 9. The van der Waals surface area contributed by atoms with Crippen LogP contribution in [0.1, 0.15) is 22.5 Å². The molecule has 150 valence electrons. The maximum Gasteiger partial charge on any atom is 0.119 e. The molecule has 2 heterocycles. The molecule has 0 N–H and O–H groups in total. The van der Waals surface area contributed by atoms with Crippen molar-refractivity contribution >= 4 is 0 Å². The average molecular weight is 384 g/mol. The zero-order chi connectivity index (χ0) is 20.1. The summed E-state index contributed by atoms with van der Waals surface area (Å²) in [4.78, 5) is 4.14. The first-order chi connectivity index (χ1) is 13.4. The van der Waals surface area contributed by atoms with Crippen LogP contribution in [-0.2, 0) is 26.2 Å². The molecule has 0 fully saturated rings. The molecular formula is C19H28N8O. The number of hydrogen-bond acceptors (Lipinski definition) is 7. The summed E-state index contributed by atoms with van der Waals surface area (Å²) in [5.74, 6) is 0.815. The summed E-state index contributed by atoms with van der Waals surface area (Å²) in [6.07, 6.45) is 3.95. The first-order valence-electron chi connectivity index (χ1n) is 9.15. The fourth-order valence-electron chi connectivity index (χ4n) is 3.03. The van der Waals surface area contributed by atoms with Crippen LogP contribution in [-0.4, -0.2) is 75.1 Å². The minimum Gasteiger partial charge on any atom is -0.497 e. The third kappa shape index (κ3) is 5.61. The van der Waals surface area contributed by atoms with Gasteiger partial charge in [-0.25, -0.2) is 9.36 Å². The van der Waals surface area contributed by atoms with Gasteiger partial charge in [0.25, 0.3) is 0 Å². The van der Waals surface area contributed by atoms with Gasteiger partial charge in [-0.15, -0.1) is 10.2 Å². The van der Waals surface area contributed by atoms with Gasteiger partial charge in [-0.05, 0) is 51.5 Å². The van der Waals surface area contributed by atoms with Crippen molar-refractivity contribution < 1.29 is 4.74 Å². The standard InChI is InChI=1S/C19H28N8O/c1-24(2)11-17-13-26(22-20-17)9-15-6-16(8-19(7-15)28-5)10-27-14-18(21-23-27)12-25(3)4/h6-8,13-14H,9-12H2,1-5H3. The van der Waals surface area contributed by atoms with Gasteiger partial charge in [0.1, 0.15) is 5.75 Å². The first kappa shape index (κ1) is 20.0. The number of methoxy groups -OCH3 is 1. The number of benzene rings is 1. The third-order valence-corrected chi connectivity index (χ3v) is 4.08. The van der Waals surface area contributed by atoms with Crippen LogP contribution >= 0.6 is 0 Å². The largest absolute Gasteiger partial charge is 0.497 e.